The summed E-state index contributed by atoms with van der Waals surface area (Å²) in [4.78, 5) is 10.5. The van der Waals surface area contributed by atoms with E-state index in [9.17, 15) is 10.0 Å². The van der Waals surface area contributed by atoms with Gasteiger partial charge in [-0.05, 0) is 19.4 Å². The topological polar surface area (TPSA) is 101 Å². The molecule has 0 saturated carbocycles. The number of hydrogen-bond donors (Lipinski definition) is 3. The third-order valence-corrected chi connectivity index (χ3v) is 1.41. The number of carbonyl (C=O) groups is 1. The van der Waals surface area contributed by atoms with Gasteiger partial charge in [0.25, 0.3) is 5.91 Å². The lowest BCUT2D eigenvalue weighted by molar-refractivity contribution is -0.134. The molecule has 1 atom stereocenters. The van der Waals surface area contributed by atoms with Gasteiger partial charge in [-0.3, -0.25) is 4.79 Å². The van der Waals surface area contributed by atoms with Crippen molar-refractivity contribution in [1.29, 1.82) is 0 Å². The summed E-state index contributed by atoms with van der Waals surface area (Å²) in [6.07, 6.45) is 2.14. The van der Waals surface area contributed by atoms with Crippen LogP contribution >= 0.6 is 0 Å². The van der Waals surface area contributed by atoms with Crippen LogP contribution in [0.25, 0.3) is 0 Å². The second-order valence-corrected chi connectivity index (χ2v) is 2.36. The second-order valence-electron chi connectivity index (χ2n) is 2.36. The van der Waals surface area contributed by atoms with Gasteiger partial charge in [-0.25, -0.2) is 0 Å². The summed E-state index contributed by atoms with van der Waals surface area (Å²) in [5.41, 5.74) is 11.8. The zero-order valence-corrected chi connectivity index (χ0v) is 6.38. The summed E-state index contributed by atoms with van der Waals surface area (Å²) in [5, 5.41) is 9.80. The van der Waals surface area contributed by atoms with E-state index < -0.39 is 11.9 Å². The molecule has 0 rings (SSSR count). The lowest BCUT2D eigenvalue weighted by Crippen LogP contribution is -2.38. The Hall–Kier alpha value is -0.650. The van der Waals surface area contributed by atoms with Crippen LogP contribution in [0, 0.1) is 0 Å². The van der Waals surface area contributed by atoms with Gasteiger partial charge < -0.3 is 11.5 Å². The molecule has 0 aliphatic rings. The van der Waals surface area contributed by atoms with E-state index in [4.69, 9.17) is 11.5 Å². The van der Waals surface area contributed by atoms with Gasteiger partial charge in [0.05, 0.1) is 6.04 Å². The number of hydroxylamine groups is 1. The molecule has 65 valence electrons. The summed E-state index contributed by atoms with van der Waals surface area (Å²) in [7, 11) is 0. The molecule has 0 spiro atoms. The fourth-order valence-electron chi connectivity index (χ4n) is 0.715. The van der Waals surface area contributed by atoms with Crippen molar-refractivity contribution in [3.63, 3.8) is 0 Å². The SMILES string of the molecule is NCCCCC(N)C(=O)N[O]. The Kier molecular flexibility index (Phi) is 5.73. The molecule has 0 bridgehead atoms. The van der Waals surface area contributed by atoms with E-state index in [-0.39, 0.29) is 0 Å². The Morgan fingerprint density at radius 1 is 1.45 bits per heavy atom. The zero-order chi connectivity index (χ0) is 8.69. The highest BCUT2D eigenvalue weighted by molar-refractivity contribution is 5.80. The summed E-state index contributed by atoms with van der Waals surface area (Å²) in [5.74, 6) is -0.651. The molecule has 1 radical (unpaired) electrons. The number of carbonyl (C=O) groups excluding carboxylic acids is 1. The number of unbranched alkanes of at least 4 members (excludes halogenated alkanes) is 1. The molecule has 1 unspecified atom stereocenters. The highest BCUT2D eigenvalue weighted by Crippen LogP contribution is 1.97. The Labute approximate surface area is 65.7 Å². The van der Waals surface area contributed by atoms with Crippen molar-refractivity contribution in [2.45, 2.75) is 25.3 Å². The minimum Gasteiger partial charge on any atom is -0.330 e. The predicted octanol–water partition coefficient (Wildman–Crippen LogP) is -1.10. The molecule has 1 amide bonds. The van der Waals surface area contributed by atoms with Gasteiger partial charge in [-0.1, -0.05) is 11.6 Å². The Morgan fingerprint density at radius 3 is 2.55 bits per heavy atom. The van der Waals surface area contributed by atoms with Crippen LogP contribution in [0.3, 0.4) is 0 Å². The number of amides is 1. The van der Waals surface area contributed by atoms with E-state index in [1.807, 2.05) is 0 Å². The first-order valence-corrected chi connectivity index (χ1v) is 3.60. The zero-order valence-electron chi connectivity index (χ0n) is 6.38. The van der Waals surface area contributed by atoms with E-state index in [0.29, 0.717) is 13.0 Å². The maximum Gasteiger partial charge on any atom is 0.262 e. The first-order valence-electron chi connectivity index (χ1n) is 3.60. The van der Waals surface area contributed by atoms with Gasteiger partial charge in [-0.2, -0.15) is 5.48 Å². The van der Waals surface area contributed by atoms with Crippen molar-refractivity contribution in [2.75, 3.05) is 6.54 Å². The van der Waals surface area contributed by atoms with Gasteiger partial charge in [0, 0.05) is 0 Å². The Morgan fingerprint density at radius 2 is 2.09 bits per heavy atom. The normalized spacial score (nSPS) is 12.6. The molecule has 0 aromatic carbocycles. The monoisotopic (exact) mass is 160 g/mol. The molecule has 5 nitrogen and oxygen atoms in total. The van der Waals surface area contributed by atoms with Crippen LogP contribution in [-0.4, -0.2) is 18.5 Å². The maximum atomic E-state index is 10.5. The second kappa shape index (κ2) is 6.09. The quantitative estimate of drug-likeness (QED) is 0.351. The molecular formula is C6H14N3O2. The first kappa shape index (κ1) is 10.3. The summed E-state index contributed by atoms with van der Waals surface area (Å²) in [6, 6.07) is -0.681. The van der Waals surface area contributed by atoms with E-state index >= 15 is 0 Å². The van der Waals surface area contributed by atoms with E-state index in [0.717, 1.165) is 12.8 Å². The van der Waals surface area contributed by atoms with Crippen LogP contribution in [0.1, 0.15) is 19.3 Å². The fourth-order valence-corrected chi connectivity index (χ4v) is 0.715. The van der Waals surface area contributed by atoms with Crippen molar-refractivity contribution in [2.24, 2.45) is 11.5 Å². The third kappa shape index (κ3) is 4.72. The number of nitrogens with one attached hydrogen (secondary N) is 1. The molecule has 0 fully saturated rings. The minimum absolute atomic E-state index is 0.519. The average Bonchev–Trinajstić information content (AvgIpc) is 2.03. The molecule has 5 N–H and O–H groups in total. The minimum atomic E-state index is -0.681. The molecule has 5 heteroatoms. The molecule has 0 aromatic rings. The molecule has 0 aliphatic carbocycles. The van der Waals surface area contributed by atoms with E-state index in [1.165, 1.54) is 5.48 Å². The standard InChI is InChI=1S/C6H14N3O2/c7-4-2-1-3-5(8)6(10)9-11/h5H,1-4,7-8H2,(H,9,10). The van der Waals surface area contributed by atoms with Gasteiger partial charge in [0.1, 0.15) is 0 Å². The van der Waals surface area contributed by atoms with Gasteiger partial charge in [0.15, 0.2) is 0 Å². The van der Waals surface area contributed by atoms with Crippen molar-refractivity contribution < 1.29 is 10.0 Å². The summed E-state index contributed by atoms with van der Waals surface area (Å²) < 4.78 is 0. The van der Waals surface area contributed by atoms with Crippen molar-refractivity contribution >= 4 is 5.91 Å². The maximum absolute atomic E-state index is 10.5. The molecule has 0 aliphatic heterocycles. The van der Waals surface area contributed by atoms with Gasteiger partial charge >= 0.3 is 0 Å². The highest BCUT2D eigenvalue weighted by atomic mass is 16.5. The molecule has 0 saturated heterocycles. The molecular weight excluding hydrogens is 146 g/mol. The molecule has 0 heterocycles. The highest BCUT2D eigenvalue weighted by Gasteiger charge is 2.11. The van der Waals surface area contributed by atoms with Crippen LogP contribution in [0.15, 0.2) is 0 Å². The summed E-state index contributed by atoms with van der Waals surface area (Å²) >= 11 is 0. The van der Waals surface area contributed by atoms with Crippen LogP contribution in [-0.2, 0) is 10.0 Å². The summed E-state index contributed by atoms with van der Waals surface area (Å²) in [6.45, 7) is 0.589. The third-order valence-electron chi connectivity index (χ3n) is 1.41. The lowest BCUT2D eigenvalue weighted by atomic mass is 10.1. The van der Waals surface area contributed by atoms with Crippen LogP contribution < -0.4 is 16.9 Å². The first-order chi connectivity index (χ1) is 5.22. The Balaban J connectivity index is 3.36. The fraction of sp³-hybridized carbons (Fsp3) is 0.833. The number of nitrogens with two attached hydrogens (primary N) is 2. The average molecular weight is 160 g/mol. The Bertz CT molecular complexity index is 118. The van der Waals surface area contributed by atoms with Crippen molar-refractivity contribution in [3.8, 4) is 0 Å². The largest absolute Gasteiger partial charge is 0.330 e. The van der Waals surface area contributed by atoms with Crippen LogP contribution in [0.5, 0.6) is 0 Å². The van der Waals surface area contributed by atoms with Gasteiger partial charge in [0.2, 0.25) is 0 Å². The van der Waals surface area contributed by atoms with E-state index in [2.05, 4.69) is 0 Å². The van der Waals surface area contributed by atoms with Gasteiger partial charge in [-0.15, -0.1) is 0 Å². The van der Waals surface area contributed by atoms with Crippen LogP contribution in [0.2, 0.25) is 0 Å². The smallest absolute Gasteiger partial charge is 0.262 e. The van der Waals surface area contributed by atoms with Crippen LogP contribution in [0.4, 0.5) is 0 Å². The van der Waals surface area contributed by atoms with Crippen molar-refractivity contribution in [3.05, 3.63) is 0 Å². The molecule has 0 aromatic heterocycles. The van der Waals surface area contributed by atoms with E-state index in [1.54, 1.807) is 0 Å². The predicted molar refractivity (Wildman–Crippen MR) is 39.7 cm³/mol. The van der Waals surface area contributed by atoms with Crippen molar-refractivity contribution in [1.82, 2.24) is 5.48 Å². The number of rotatable bonds is 5. The molecule has 11 heavy (non-hydrogen) atoms. The lowest BCUT2D eigenvalue weighted by Gasteiger charge is -2.06. The number of hydrogen-bond acceptors (Lipinski definition) is 3.